The first-order valence-corrected chi connectivity index (χ1v) is 8.12. The number of nitrogens with one attached hydrogen (secondary N) is 1. The summed E-state index contributed by atoms with van der Waals surface area (Å²) in [5.74, 6) is 0.0913. The lowest BCUT2D eigenvalue weighted by Crippen LogP contribution is -2.30. The molecule has 1 N–H and O–H groups in total. The minimum atomic E-state index is -0.949. The Morgan fingerprint density at radius 2 is 1.92 bits per heavy atom. The molecule has 128 valence electrons. The zero-order valence-corrected chi connectivity index (χ0v) is 14.7. The second-order valence-electron chi connectivity index (χ2n) is 5.04. The third-order valence-electron chi connectivity index (χ3n) is 3.37. The molecule has 0 aliphatic carbocycles. The third-order valence-corrected chi connectivity index (χ3v) is 4.36. The van der Waals surface area contributed by atoms with Crippen molar-refractivity contribution in [1.82, 2.24) is 0 Å². The van der Waals surface area contributed by atoms with Gasteiger partial charge in [-0.25, -0.2) is 4.79 Å². The molecule has 0 saturated carbocycles. The molecule has 2 rings (SSSR count). The zero-order chi connectivity index (χ0) is 17.7. The topological polar surface area (TPSA) is 73.9 Å². The van der Waals surface area contributed by atoms with E-state index in [1.807, 2.05) is 13.0 Å². The summed E-state index contributed by atoms with van der Waals surface area (Å²) in [6.45, 7) is 3.34. The maximum absolute atomic E-state index is 12.3. The predicted octanol–water partition coefficient (Wildman–Crippen LogP) is 3.26. The maximum atomic E-state index is 12.3. The molecule has 24 heavy (non-hydrogen) atoms. The SMILES string of the molecule is COc1ccc(OC)c(NC(=O)[C@H](C)OC(=O)c2sccc2C)c1. The van der Waals surface area contributed by atoms with Gasteiger partial charge in [0.05, 0.1) is 19.9 Å². The summed E-state index contributed by atoms with van der Waals surface area (Å²) in [6, 6.07) is 6.86. The van der Waals surface area contributed by atoms with Crippen molar-refractivity contribution in [2.45, 2.75) is 20.0 Å². The van der Waals surface area contributed by atoms with E-state index in [1.54, 1.807) is 23.6 Å². The van der Waals surface area contributed by atoms with Gasteiger partial charge in [-0.1, -0.05) is 0 Å². The number of rotatable bonds is 6. The van der Waals surface area contributed by atoms with E-state index in [9.17, 15) is 9.59 Å². The number of thiophene rings is 1. The number of methoxy groups -OCH3 is 2. The molecule has 1 heterocycles. The minimum absolute atomic E-state index is 0.442. The molecule has 0 spiro atoms. The van der Waals surface area contributed by atoms with Crippen LogP contribution < -0.4 is 14.8 Å². The minimum Gasteiger partial charge on any atom is -0.497 e. The fourth-order valence-corrected chi connectivity index (χ4v) is 2.80. The lowest BCUT2D eigenvalue weighted by Gasteiger charge is -2.15. The van der Waals surface area contributed by atoms with E-state index in [-0.39, 0.29) is 0 Å². The maximum Gasteiger partial charge on any atom is 0.349 e. The molecular weight excluding hydrogens is 330 g/mol. The van der Waals surface area contributed by atoms with Crippen LogP contribution >= 0.6 is 11.3 Å². The Hall–Kier alpha value is -2.54. The van der Waals surface area contributed by atoms with Gasteiger partial charge in [0.15, 0.2) is 6.10 Å². The lowest BCUT2D eigenvalue weighted by atomic mass is 10.2. The molecule has 0 aliphatic heterocycles. The summed E-state index contributed by atoms with van der Waals surface area (Å²) >= 11 is 1.28. The molecule has 0 radical (unpaired) electrons. The smallest absolute Gasteiger partial charge is 0.349 e. The number of carbonyl (C=O) groups is 2. The molecule has 1 aromatic carbocycles. The molecule has 0 fully saturated rings. The quantitative estimate of drug-likeness (QED) is 0.810. The summed E-state index contributed by atoms with van der Waals surface area (Å²) in [6.07, 6.45) is -0.949. The van der Waals surface area contributed by atoms with Crippen molar-refractivity contribution in [3.8, 4) is 11.5 Å². The highest BCUT2D eigenvalue weighted by Crippen LogP contribution is 2.29. The van der Waals surface area contributed by atoms with Gasteiger partial charge in [0.1, 0.15) is 16.4 Å². The van der Waals surface area contributed by atoms with Crippen LogP contribution in [0.15, 0.2) is 29.6 Å². The largest absolute Gasteiger partial charge is 0.497 e. The Morgan fingerprint density at radius 1 is 1.17 bits per heavy atom. The molecule has 0 aliphatic rings. The van der Waals surface area contributed by atoms with E-state index in [2.05, 4.69) is 5.32 Å². The van der Waals surface area contributed by atoms with Crippen LogP contribution in [-0.4, -0.2) is 32.2 Å². The van der Waals surface area contributed by atoms with E-state index in [4.69, 9.17) is 14.2 Å². The molecule has 1 aromatic heterocycles. The molecule has 0 bridgehead atoms. The fraction of sp³-hybridized carbons (Fsp3) is 0.294. The van der Waals surface area contributed by atoms with E-state index < -0.39 is 18.0 Å². The predicted molar refractivity (Wildman–Crippen MR) is 92.1 cm³/mol. The Balaban J connectivity index is 2.06. The lowest BCUT2D eigenvalue weighted by molar-refractivity contribution is -0.123. The van der Waals surface area contributed by atoms with Gasteiger partial charge in [0, 0.05) is 6.07 Å². The Kier molecular flexibility index (Phi) is 5.81. The first-order valence-electron chi connectivity index (χ1n) is 7.24. The fourth-order valence-electron chi connectivity index (χ4n) is 2.00. The Bertz CT molecular complexity index is 740. The van der Waals surface area contributed by atoms with Gasteiger partial charge in [-0.15, -0.1) is 11.3 Å². The van der Waals surface area contributed by atoms with Crippen molar-refractivity contribution in [1.29, 1.82) is 0 Å². The highest BCUT2D eigenvalue weighted by molar-refractivity contribution is 7.12. The van der Waals surface area contributed by atoms with Crippen LogP contribution in [0.3, 0.4) is 0 Å². The first-order chi connectivity index (χ1) is 11.5. The number of aryl methyl sites for hydroxylation is 1. The molecule has 1 amide bonds. The number of benzene rings is 1. The van der Waals surface area contributed by atoms with Crippen LogP contribution in [-0.2, 0) is 9.53 Å². The van der Waals surface area contributed by atoms with Gasteiger partial charge in [-0.3, -0.25) is 4.79 Å². The van der Waals surface area contributed by atoms with Gasteiger partial charge < -0.3 is 19.5 Å². The third kappa shape index (κ3) is 4.05. The van der Waals surface area contributed by atoms with Crippen LogP contribution in [0.2, 0.25) is 0 Å². The standard InChI is InChI=1S/C17H19NO5S/c1-10-7-8-24-15(10)17(20)23-11(2)16(19)18-13-9-12(21-3)5-6-14(13)22-4/h5-9,11H,1-4H3,(H,18,19)/t11-/m0/s1. The number of ether oxygens (including phenoxy) is 3. The van der Waals surface area contributed by atoms with Crippen molar-refractivity contribution in [3.63, 3.8) is 0 Å². The Labute approximate surface area is 144 Å². The molecule has 6 nitrogen and oxygen atoms in total. The number of amides is 1. The molecule has 0 unspecified atom stereocenters. The highest BCUT2D eigenvalue weighted by Gasteiger charge is 2.22. The van der Waals surface area contributed by atoms with E-state index in [1.165, 1.54) is 32.5 Å². The summed E-state index contributed by atoms with van der Waals surface area (Å²) in [4.78, 5) is 24.9. The Morgan fingerprint density at radius 3 is 2.50 bits per heavy atom. The first kappa shape index (κ1) is 17.8. The second kappa shape index (κ2) is 7.83. The van der Waals surface area contributed by atoms with E-state index >= 15 is 0 Å². The van der Waals surface area contributed by atoms with Gasteiger partial charge in [-0.2, -0.15) is 0 Å². The van der Waals surface area contributed by atoms with Gasteiger partial charge in [-0.05, 0) is 43.0 Å². The molecule has 0 saturated heterocycles. The second-order valence-corrected chi connectivity index (χ2v) is 5.95. The number of carbonyl (C=O) groups excluding carboxylic acids is 2. The van der Waals surface area contributed by atoms with Crippen LogP contribution in [0.4, 0.5) is 5.69 Å². The number of hydrogen-bond acceptors (Lipinski definition) is 6. The summed E-state index contributed by atoms with van der Waals surface area (Å²) in [5, 5.41) is 4.49. The average molecular weight is 349 g/mol. The summed E-state index contributed by atoms with van der Waals surface area (Å²) in [5.41, 5.74) is 1.27. The van der Waals surface area contributed by atoms with Crippen molar-refractivity contribution in [2.75, 3.05) is 19.5 Å². The van der Waals surface area contributed by atoms with Gasteiger partial charge in [0.25, 0.3) is 5.91 Å². The van der Waals surface area contributed by atoms with E-state index in [0.29, 0.717) is 22.1 Å². The van der Waals surface area contributed by atoms with Gasteiger partial charge >= 0.3 is 5.97 Å². The normalized spacial score (nSPS) is 11.5. The molecule has 2 aromatic rings. The van der Waals surface area contributed by atoms with Crippen molar-refractivity contribution in [3.05, 3.63) is 40.1 Å². The van der Waals surface area contributed by atoms with Crippen LogP contribution in [0.25, 0.3) is 0 Å². The van der Waals surface area contributed by atoms with Crippen molar-refractivity contribution in [2.24, 2.45) is 0 Å². The number of hydrogen-bond donors (Lipinski definition) is 1. The molecule has 1 atom stereocenters. The van der Waals surface area contributed by atoms with E-state index in [0.717, 1.165) is 5.56 Å². The van der Waals surface area contributed by atoms with Crippen LogP contribution in [0, 0.1) is 6.92 Å². The van der Waals surface area contributed by atoms with Crippen LogP contribution in [0.1, 0.15) is 22.2 Å². The van der Waals surface area contributed by atoms with Crippen LogP contribution in [0.5, 0.6) is 11.5 Å². The molecule has 7 heteroatoms. The zero-order valence-electron chi connectivity index (χ0n) is 13.9. The van der Waals surface area contributed by atoms with Gasteiger partial charge in [0.2, 0.25) is 0 Å². The average Bonchev–Trinajstić information content (AvgIpc) is 3.00. The van der Waals surface area contributed by atoms with Crippen molar-refractivity contribution < 1.29 is 23.8 Å². The number of esters is 1. The highest BCUT2D eigenvalue weighted by atomic mass is 32.1. The summed E-state index contributed by atoms with van der Waals surface area (Å²) < 4.78 is 15.6. The molecular formula is C17H19NO5S. The summed E-state index contributed by atoms with van der Waals surface area (Å²) in [7, 11) is 3.03. The van der Waals surface area contributed by atoms with Crippen molar-refractivity contribution >= 4 is 28.9 Å². The monoisotopic (exact) mass is 349 g/mol. The number of anilines is 1.